The molecule has 0 fully saturated rings. The van der Waals surface area contributed by atoms with E-state index in [1.54, 1.807) is 17.0 Å². The minimum absolute atomic E-state index is 0.327. The first-order valence-corrected chi connectivity index (χ1v) is 7.95. The topological polar surface area (TPSA) is 53.2 Å². The van der Waals surface area contributed by atoms with Crippen LogP contribution >= 0.6 is 15.9 Å². The lowest BCUT2D eigenvalue weighted by Crippen LogP contribution is -2.08. The van der Waals surface area contributed by atoms with Gasteiger partial charge < -0.3 is 4.55 Å². The largest absolute Gasteiger partial charge is 0.609 e. The number of rotatable bonds is 2. The molecule has 2 aromatic heterocycles. The molecular weight excluding hydrogens is 326 g/mol. The normalized spacial score (nSPS) is 12.8. The summed E-state index contributed by atoms with van der Waals surface area (Å²) in [7, 11) is 0. The zero-order valence-electron chi connectivity index (χ0n) is 10.1. The summed E-state index contributed by atoms with van der Waals surface area (Å²) < 4.78 is 14.2. The molecule has 3 aromatic rings. The second-order valence-corrected chi connectivity index (χ2v) is 6.16. The third-order valence-corrected chi connectivity index (χ3v) is 4.11. The summed E-state index contributed by atoms with van der Waals surface area (Å²) in [6.45, 7) is 0. The van der Waals surface area contributed by atoms with Crippen molar-refractivity contribution in [3.8, 4) is 11.3 Å². The maximum absolute atomic E-state index is 11.5. The van der Waals surface area contributed by atoms with E-state index in [0.29, 0.717) is 5.16 Å². The Bertz CT molecular complexity index is 727. The minimum Gasteiger partial charge on any atom is -0.609 e. The molecule has 0 aliphatic rings. The Labute approximate surface area is 121 Å². The van der Waals surface area contributed by atoms with Gasteiger partial charge in [0.15, 0.2) is 0 Å². The Morgan fingerprint density at radius 2 is 2.00 bits per heavy atom. The number of benzene rings is 1. The molecule has 96 valence electrons. The van der Waals surface area contributed by atoms with E-state index in [1.165, 1.54) is 0 Å². The fraction of sp³-hybridized carbons (Fsp3) is 0.0769. The summed E-state index contributed by atoms with van der Waals surface area (Å²) in [5.74, 6) is 0. The number of nitrogens with zero attached hydrogens (tertiary/aromatic N) is 3. The van der Waals surface area contributed by atoms with Crippen molar-refractivity contribution in [2.45, 2.75) is 5.16 Å². The fourth-order valence-electron chi connectivity index (χ4n) is 1.88. The lowest BCUT2D eigenvalue weighted by molar-refractivity contribution is 0.586. The molecule has 0 aliphatic carbocycles. The minimum atomic E-state index is -1.20. The quantitative estimate of drug-likeness (QED) is 0.676. The third-order valence-electron chi connectivity index (χ3n) is 2.77. The van der Waals surface area contributed by atoms with Gasteiger partial charge in [0, 0.05) is 21.2 Å². The zero-order valence-corrected chi connectivity index (χ0v) is 12.5. The molecule has 0 saturated carbocycles. The van der Waals surface area contributed by atoms with Crippen molar-refractivity contribution in [2.24, 2.45) is 0 Å². The van der Waals surface area contributed by atoms with Gasteiger partial charge in [-0.1, -0.05) is 35.4 Å². The average molecular weight is 336 g/mol. The average Bonchev–Trinajstić information content (AvgIpc) is 2.77. The highest BCUT2D eigenvalue weighted by Crippen LogP contribution is 2.28. The van der Waals surface area contributed by atoms with Gasteiger partial charge in [-0.15, -0.1) is 0 Å². The van der Waals surface area contributed by atoms with E-state index in [-0.39, 0.29) is 0 Å². The van der Waals surface area contributed by atoms with Gasteiger partial charge in [-0.25, -0.2) is 4.52 Å². The molecule has 0 amide bonds. The first-order valence-electron chi connectivity index (χ1n) is 5.60. The molecule has 0 bridgehead atoms. The van der Waals surface area contributed by atoms with Crippen LogP contribution in [0, 0.1) is 0 Å². The Kier molecular flexibility index (Phi) is 3.30. The highest BCUT2D eigenvalue weighted by atomic mass is 79.9. The smallest absolute Gasteiger partial charge is 0.359 e. The predicted molar refractivity (Wildman–Crippen MR) is 78.5 cm³/mol. The Balaban J connectivity index is 2.27. The van der Waals surface area contributed by atoms with Crippen molar-refractivity contribution in [2.75, 3.05) is 6.26 Å². The van der Waals surface area contributed by atoms with Gasteiger partial charge in [-0.2, -0.15) is 4.98 Å². The third kappa shape index (κ3) is 2.27. The van der Waals surface area contributed by atoms with Crippen LogP contribution in [0.25, 0.3) is 16.8 Å². The summed E-state index contributed by atoms with van der Waals surface area (Å²) in [4.78, 5) is 4.11. The van der Waals surface area contributed by atoms with E-state index in [1.807, 2.05) is 36.4 Å². The van der Waals surface area contributed by atoms with Crippen LogP contribution in [0.4, 0.5) is 0 Å². The Hall–Kier alpha value is -1.37. The molecule has 0 N–H and O–H groups in total. The SMILES string of the molecule is C[S+]([O-])c1ncc2c(Br)cc(-c3ccccc3)n2n1. The number of hydrogen-bond donors (Lipinski definition) is 0. The lowest BCUT2D eigenvalue weighted by Gasteiger charge is -2.04. The highest BCUT2D eigenvalue weighted by molar-refractivity contribution is 9.10. The first kappa shape index (κ1) is 12.7. The predicted octanol–water partition coefficient (Wildman–Crippen LogP) is 2.90. The second kappa shape index (κ2) is 4.96. The van der Waals surface area contributed by atoms with Crippen LogP contribution in [0.1, 0.15) is 0 Å². The van der Waals surface area contributed by atoms with E-state index in [4.69, 9.17) is 0 Å². The molecule has 3 rings (SSSR count). The molecule has 4 nitrogen and oxygen atoms in total. The highest BCUT2D eigenvalue weighted by Gasteiger charge is 2.15. The Morgan fingerprint density at radius 3 is 2.68 bits per heavy atom. The van der Waals surface area contributed by atoms with Crippen molar-refractivity contribution in [3.63, 3.8) is 0 Å². The molecule has 1 unspecified atom stereocenters. The van der Waals surface area contributed by atoms with Crippen LogP contribution in [0.5, 0.6) is 0 Å². The summed E-state index contributed by atoms with van der Waals surface area (Å²) in [6.07, 6.45) is 3.25. The molecule has 0 spiro atoms. The molecule has 2 heterocycles. The van der Waals surface area contributed by atoms with Gasteiger partial charge >= 0.3 is 5.16 Å². The van der Waals surface area contributed by atoms with Crippen LogP contribution in [0.3, 0.4) is 0 Å². The number of aromatic nitrogens is 3. The molecule has 6 heteroatoms. The molecule has 0 saturated heterocycles. The van der Waals surface area contributed by atoms with E-state index >= 15 is 0 Å². The van der Waals surface area contributed by atoms with Crippen molar-refractivity contribution >= 4 is 32.6 Å². The van der Waals surface area contributed by atoms with Crippen LogP contribution in [0.2, 0.25) is 0 Å². The van der Waals surface area contributed by atoms with Crippen LogP contribution in [0.15, 0.2) is 52.2 Å². The van der Waals surface area contributed by atoms with Crippen molar-refractivity contribution in [1.29, 1.82) is 0 Å². The summed E-state index contributed by atoms with van der Waals surface area (Å²) in [6, 6.07) is 11.9. The van der Waals surface area contributed by atoms with Gasteiger partial charge in [-0.3, -0.25) is 0 Å². The van der Waals surface area contributed by atoms with Crippen LogP contribution in [-0.4, -0.2) is 25.4 Å². The summed E-state index contributed by atoms with van der Waals surface area (Å²) in [5, 5.41) is 4.67. The van der Waals surface area contributed by atoms with Crippen LogP contribution < -0.4 is 0 Å². The molecule has 0 radical (unpaired) electrons. The van der Waals surface area contributed by atoms with Gasteiger partial charge in [0.25, 0.3) is 0 Å². The number of halogens is 1. The summed E-state index contributed by atoms with van der Waals surface area (Å²) in [5.41, 5.74) is 2.85. The number of fused-ring (bicyclic) bond motifs is 1. The van der Waals surface area contributed by atoms with E-state index in [2.05, 4.69) is 26.0 Å². The molecule has 1 aromatic carbocycles. The maximum Gasteiger partial charge on any atom is 0.359 e. The summed E-state index contributed by atoms with van der Waals surface area (Å²) >= 11 is 2.30. The van der Waals surface area contributed by atoms with Gasteiger partial charge in [0.2, 0.25) is 0 Å². The molecule has 19 heavy (non-hydrogen) atoms. The molecule has 1 atom stereocenters. The van der Waals surface area contributed by atoms with Crippen molar-refractivity contribution in [1.82, 2.24) is 14.6 Å². The van der Waals surface area contributed by atoms with Gasteiger partial charge in [0.1, 0.15) is 6.26 Å². The maximum atomic E-state index is 11.5. The first-order chi connectivity index (χ1) is 9.16. The standard InChI is InChI=1S/C13H10BrN3OS/c1-19(18)13-15-8-12-10(14)7-11(17(12)16-13)9-5-3-2-4-6-9/h2-8H,1H3. The number of hydrogen-bond acceptors (Lipinski definition) is 3. The van der Waals surface area contributed by atoms with Crippen LogP contribution in [-0.2, 0) is 11.2 Å². The zero-order chi connectivity index (χ0) is 13.4. The van der Waals surface area contributed by atoms with Gasteiger partial charge in [-0.05, 0) is 22.0 Å². The second-order valence-electron chi connectivity index (χ2n) is 4.04. The monoisotopic (exact) mass is 335 g/mol. The molecule has 0 aliphatic heterocycles. The molecular formula is C13H10BrN3OS. The fourth-order valence-corrected chi connectivity index (χ4v) is 2.77. The Morgan fingerprint density at radius 1 is 1.26 bits per heavy atom. The lowest BCUT2D eigenvalue weighted by atomic mass is 10.2. The van der Waals surface area contributed by atoms with E-state index in [0.717, 1.165) is 21.2 Å². The van der Waals surface area contributed by atoms with Crippen molar-refractivity contribution < 1.29 is 4.55 Å². The van der Waals surface area contributed by atoms with E-state index < -0.39 is 11.2 Å². The van der Waals surface area contributed by atoms with E-state index in [9.17, 15) is 4.55 Å². The van der Waals surface area contributed by atoms with Gasteiger partial charge in [0.05, 0.1) is 17.4 Å². The van der Waals surface area contributed by atoms with Crippen molar-refractivity contribution in [3.05, 3.63) is 47.1 Å².